The second-order valence-electron chi connectivity index (χ2n) is 6.10. The summed E-state index contributed by atoms with van der Waals surface area (Å²) in [5.74, 6) is 0. The highest BCUT2D eigenvalue weighted by Gasteiger charge is 2.36. The number of azo groups is 1. The number of anilines is 1. The minimum absolute atomic E-state index is 0.214. The van der Waals surface area contributed by atoms with Crippen molar-refractivity contribution in [2.24, 2.45) is 10.2 Å². The molecule has 0 aromatic heterocycles. The third kappa shape index (κ3) is 6.49. The second-order valence-corrected chi connectivity index (χ2v) is 6.95. The molecular weight excluding hydrogens is 481 g/mol. The van der Waals surface area contributed by atoms with Gasteiger partial charge in [-0.05, 0) is 40.2 Å². The number of hydrogen-bond donors (Lipinski definition) is 0. The lowest BCUT2D eigenvalue weighted by Crippen LogP contribution is -2.25. The Labute approximate surface area is 183 Å². The lowest BCUT2D eigenvalue weighted by Gasteiger charge is -2.22. The molecule has 0 spiro atoms. The van der Waals surface area contributed by atoms with Crippen LogP contribution in [0, 0.1) is 32.8 Å². The van der Waals surface area contributed by atoms with Gasteiger partial charge < -0.3 is 4.90 Å². The smallest absolute Gasteiger partial charge is 0.369 e. The molecular formula is C19H14BrF3N6O2. The van der Waals surface area contributed by atoms with Crippen molar-refractivity contribution in [1.29, 1.82) is 10.5 Å². The van der Waals surface area contributed by atoms with Gasteiger partial charge in [-0.1, -0.05) is 0 Å². The van der Waals surface area contributed by atoms with Gasteiger partial charge in [-0.3, -0.25) is 10.1 Å². The predicted octanol–water partition coefficient (Wildman–Crippen LogP) is 6.43. The number of hydrogen-bond acceptors (Lipinski definition) is 7. The molecule has 0 fully saturated rings. The Hall–Kier alpha value is -3.51. The van der Waals surface area contributed by atoms with Gasteiger partial charge >= 0.3 is 6.18 Å². The van der Waals surface area contributed by atoms with Gasteiger partial charge in [0.15, 0.2) is 0 Å². The maximum absolute atomic E-state index is 13.3. The Morgan fingerprint density at radius 3 is 2.13 bits per heavy atom. The van der Waals surface area contributed by atoms with Crippen LogP contribution in [0.1, 0.15) is 18.4 Å². The van der Waals surface area contributed by atoms with Crippen LogP contribution in [0.2, 0.25) is 0 Å². The monoisotopic (exact) mass is 494 g/mol. The second kappa shape index (κ2) is 10.5. The van der Waals surface area contributed by atoms with Crippen molar-refractivity contribution in [3.05, 3.63) is 56.5 Å². The van der Waals surface area contributed by atoms with Crippen LogP contribution < -0.4 is 4.90 Å². The SMILES string of the molecule is N#CCCN(CCC#N)c1ccc(/N=N/c2c(Br)cc([N+](=O)[O-])cc2C(F)(F)F)cc1. The fraction of sp³-hybridized carbons (Fsp3) is 0.263. The first-order chi connectivity index (χ1) is 14.7. The summed E-state index contributed by atoms with van der Waals surface area (Å²) < 4.78 is 39.8. The molecule has 2 aromatic carbocycles. The van der Waals surface area contributed by atoms with Crippen molar-refractivity contribution in [3.8, 4) is 12.1 Å². The molecule has 12 heteroatoms. The molecule has 2 rings (SSSR count). The van der Waals surface area contributed by atoms with Crippen LogP contribution in [0.3, 0.4) is 0 Å². The zero-order valence-corrected chi connectivity index (χ0v) is 17.4. The van der Waals surface area contributed by atoms with Crippen molar-refractivity contribution in [3.63, 3.8) is 0 Å². The van der Waals surface area contributed by atoms with Crippen LogP contribution in [0.25, 0.3) is 0 Å². The molecule has 0 N–H and O–H groups in total. The van der Waals surface area contributed by atoms with Crippen LogP contribution in [0.4, 0.5) is 35.9 Å². The Kier molecular flexibility index (Phi) is 8.05. The normalized spacial score (nSPS) is 11.2. The molecule has 0 heterocycles. The van der Waals surface area contributed by atoms with E-state index in [-0.39, 0.29) is 23.0 Å². The van der Waals surface area contributed by atoms with E-state index in [1.165, 1.54) is 12.1 Å². The maximum Gasteiger partial charge on any atom is 0.418 e. The molecule has 160 valence electrons. The first-order valence-electron chi connectivity index (χ1n) is 8.73. The minimum Gasteiger partial charge on any atom is -0.369 e. The molecule has 8 nitrogen and oxygen atoms in total. The van der Waals surface area contributed by atoms with Crippen molar-refractivity contribution < 1.29 is 18.1 Å². The van der Waals surface area contributed by atoms with Crippen LogP contribution in [-0.4, -0.2) is 18.0 Å². The topological polar surface area (TPSA) is 119 Å². The van der Waals surface area contributed by atoms with Crippen LogP contribution in [-0.2, 0) is 6.18 Å². The number of non-ortho nitro benzene ring substituents is 1. The van der Waals surface area contributed by atoms with E-state index in [1.54, 1.807) is 12.1 Å². The fourth-order valence-electron chi connectivity index (χ4n) is 2.59. The Morgan fingerprint density at radius 1 is 1.06 bits per heavy atom. The lowest BCUT2D eigenvalue weighted by atomic mass is 10.1. The highest BCUT2D eigenvalue weighted by molar-refractivity contribution is 9.10. The van der Waals surface area contributed by atoms with E-state index < -0.39 is 28.0 Å². The summed E-state index contributed by atoms with van der Waals surface area (Å²) in [4.78, 5) is 11.8. The largest absolute Gasteiger partial charge is 0.418 e. The van der Waals surface area contributed by atoms with Gasteiger partial charge in [0.05, 0.1) is 45.6 Å². The molecule has 0 bridgehead atoms. The summed E-state index contributed by atoms with van der Waals surface area (Å²) in [7, 11) is 0. The number of rotatable bonds is 8. The molecule has 31 heavy (non-hydrogen) atoms. The standard InChI is InChI=1S/C19H14BrF3N6O2/c20-17-12-15(29(30)31)11-16(19(21,22)23)18(17)27-26-13-3-5-14(6-4-13)28(9-1-7-24)10-2-8-25/h3-6,11-12H,1-2,9-10H2/b27-26+. The molecule has 0 amide bonds. The van der Waals surface area contributed by atoms with Gasteiger partial charge in [0.25, 0.3) is 5.69 Å². The minimum atomic E-state index is -4.87. The van der Waals surface area contributed by atoms with E-state index in [2.05, 4.69) is 26.2 Å². The van der Waals surface area contributed by atoms with Gasteiger partial charge in [0.2, 0.25) is 0 Å². The zero-order valence-electron chi connectivity index (χ0n) is 15.8. The highest BCUT2D eigenvalue weighted by atomic mass is 79.9. The Balaban J connectivity index is 2.33. The molecule has 0 saturated carbocycles. The molecule has 0 unspecified atom stereocenters. The van der Waals surface area contributed by atoms with Crippen molar-refractivity contribution in [1.82, 2.24) is 0 Å². The van der Waals surface area contributed by atoms with E-state index in [1.807, 2.05) is 17.0 Å². The van der Waals surface area contributed by atoms with E-state index >= 15 is 0 Å². The first kappa shape index (κ1) is 23.8. The van der Waals surface area contributed by atoms with Gasteiger partial charge in [0, 0.05) is 30.9 Å². The summed E-state index contributed by atoms with van der Waals surface area (Å²) in [5, 5.41) is 35.9. The summed E-state index contributed by atoms with van der Waals surface area (Å²) in [6.07, 6.45) is -4.34. The van der Waals surface area contributed by atoms with E-state index in [0.717, 1.165) is 11.8 Å². The fourth-order valence-corrected chi connectivity index (χ4v) is 3.11. The number of nitriles is 2. The van der Waals surface area contributed by atoms with Gasteiger partial charge in [-0.2, -0.15) is 28.8 Å². The number of nitrogens with zero attached hydrogens (tertiary/aromatic N) is 6. The first-order valence-corrected chi connectivity index (χ1v) is 9.52. The zero-order chi connectivity index (χ0) is 23.0. The van der Waals surface area contributed by atoms with Crippen molar-refractivity contribution in [2.45, 2.75) is 19.0 Å². The summed E-state index contributed by atoms with van der Waals surface area (Å²) in [5.41, 5.74) is -1.61. The molecule has 0 aliphatic heterocycles. The van der Waals surface area contributed by atoms with Gasteiger partial charge in [-0.25, -0.2) is 0 Å². The number of alkyl halides is 3. The third-order valence-electron chi connectivity index (χ3n) is 4.03. The number of nitro groups is 1. The molecule has 0 aliphatic rings. The molecule has 0 radical (unpaired) electrons. The average molecular weight is 495 g/mol. The molecule has 0 atom stereocenters. The predicted molar refractivity (Wildman–Crippen MR) is 109 cm³/mol. The number of benzene rings is 2. The number of nitro benzene ring substituents is 1. The quantitative estimate of drug-likeness (QED) is 0.238. The van der Waals surface area contributed by atoms with Crippen LogP contribution in [0.15, 0.2) is 51.1 Å². The summed E-state index contributed by atoms with van der Waals surface area (Å²) in [6, 6.07) is 11.7. The van der Waals surface area contributed by atoms with Crippen molar-refractivity contribution in [2.75, 3.05) is 18.0 Å². The van der Waals surface area contributed by atoms with Crippen LogP contribution in [0.5, 0.6) is 0 Å². The molecule has 2 aromatic rings. The van der Waals surface area contributed by atoms with Crippen molar-refractivity contribution >= 4 is 38.7 Å². The number of halogens is 4. The molecule has 0 saturated heterocycles. The van der Waals surface area contributed by atoms with E-state index in [4.69, 9.17) is 10.5 Å². The third-order valence-corrected chi connectivity index (χ3v) is 4.64. The van der Waals surface area contributed by atoms with E-state index in [0.29, 0.717) is 19.2 Å². The van der Waals surface area contributed by atoms with E-state index in [9.17, 15) is 23.3 Å². The molecule has 0 aliphatic carbocycles. The summed E-state index contributed by atoms with van der Waals surface area (Å²) in [6.45, 7) is 0.841. The van der Waals surface area contributed by atoms with Gasteiger partial charge in [-0.15, -0.1) is 5.11 Å². The Bertz CT molecular complexity index is 1040. The lowest BCUT2D eigenvalue weighted by molar-refractivity contribution is -0.385. The maximum atomic E-state index is 13.3. The van der Waals surface area contributed by atoms with Gasteiger partial charge in [0.1, 0.15) is 5.69 Å². The van der Waals surface area contributed by atoms with Crippen LogP contribution >= 0.6 is 15.9 Å². The summed E-state index contributed by atoms with van der Waals surface area (Å²) >= 11 is 2.89. The highest BCUT2D eigenvalue weighted by Crippen LogP contribution is 2.43. The Morgan fingerprint density at radius 2 is 1.65 bits per heavy atom. The average Bonchev–Trinajstić information content (AvgIpc) is 2.72.